The second-order valence-electron chi connectivity index (χ2n) is 4.45. The minimum absolute atomic E-state index is 0.0559. The number of nitrogens with zero attached hydrogens (tertiary/aromatic N) is 1. The van der Waals surface area contributed by atoms with Crippen LogP contribution in [0.1, 0.15) is 18.4 Å². The first kappa shape index (κ1) is 13.0. The van der Waals surface area contributed by atoms with Crippen LogP contribution in [-0.4, -0.2) is 22.8 Å². The number of aromatic nitrogens is 1. The third-order valence-electron chi connectivity index (χ3n) is 3.20. The zero-order chi connectivity index (χ0) is 13.1. The molecule has 0 fully saturated rings. The number of carbonyl (C=O) groups excluding carboxylic acids is 1. The molecule has 1 amide bonds. The van der Waals surface area contributed by atoms with Gasteiger partial charge in [0, 0.05) is 36.4 Å². The van der Waals surface area contributed by atoms with Gasteiger partial charge in [-0.15, -0.1) is 0 Å². The van der Waals surface area contributed by atoms with Crippen LogP contribution >= 0.6 is 12.6 Å². The van der Waals surface area contributed by atoms with Crippen LogP contribution in [0.25, 0.3) is 10.9 Å². The molecule has 2 rings (SSSR count). The summed E-state index contributed by atoms with van der Waals surface area (Å²) in [6, 6.07) is 8.15. The van der Waals surface area contributed by atoms with Crippen LogP contribution in [0.3, 0.4) is 0 Å². The van der Waals surface area contributed by atoms with Gasteiger partial charge in [-0.1, -0.05) is 18.2 Å². The average molecular weight is 262 g/mol. The van der Waals surface area contributed by atoms with Crippen molar-refractivity contribution < 1.29 is 4.79 Å². The molecule has 4 heteroatoms. The molecular weight excluding hydrogens is 244 g/mol. The van der Waals surface area contributed by atoms with Gasteiger partial charge in [0.25, 0.3) is 0 Å². The number of amides is 1. The summed E-state index contributed by atoms with van der Waals surface area (Å²) in [7, 11) is 2.00. The molecule has 2 aromatic rings. The molecule has 18 heavy (non-hydrogen) atoms. The smallest absolute Gasteiger partial charge is 0.227 e. The van der Waals surface area contributed by atoms with E-state index in [-0.39, 0.29) is 11.8 Å². The molecule has 0 radical (unpaired) electrons. The van der Waals surface area contributed by atoms with Crippen LogP contribution in [0.4, 0.5) is 0 Å². The van der Waals surface area contributed by atoms with E-state index in [4.69, 9.17) is 0 Å². The standard InChI is InChI=1S/C14H18N2OS/c1-10(14(17)15-7-8-18)12-9-16(2)13-6-4-3-5-11(12)13/h3-6,9-10,18H,7-8H2,1-2H3,(H,15,17). The fourth-order valence-corrected chi connectivity index (χ4v) is 2.30. The van der Waals surface area contributed by atoms with E-state index in [9.17, 15) is 4.79 Å². The largest absolute Gasteiger partial charge is 0.355 e. The maximum Gasteiger partial charge on any atom is 0.227 e. The predicted molar refractivity (Wildman–Crippen MR) is 78.2 cm³/mol. The van der Waals surface area contributed by atoms with Crippen molar-refractivity contribution in [3.8, 4) is 0 Å². The zero-order valence-electron chi connectivity index (χ0n) is 10.7. The SMILES string of the molecule is CC(C(=O)NCCS)c1cn(C)c2ccccc12. The molecule has 0 aliphatic heterocycles. The molecule has 1 unspecified atom stereocenters. The molecule has 0 aliphatic carbocycles. The number of hydrogen-bond acceptors (Lipinski definition) is 2. The van der Waals surface area contributed by atoms with E-state index in [0.717, 1.165) is 16.5 Å². The lowest BCUT2D eigenvalue weighted by Crippen LogP contribution is -2.29. The van der Waals surface area contributed by atoms with E-state index in [1.54, 1.807) is 0 Å². The third-order valence-corrected chi connectivity index (χ3v) is 3.42. The Bertz CT molecular complexity index is 562. The summed E-state index contributed by atoms with van der Waals surface area (Å²) in [6.45, 7) is 2.55. The van der Waals surface area contributed by atoms with Gasteiger partial charge in [-0.25, -0.2) is 0 Å². The second-order valence-corrected chi connectivity index (χ2v) is 4.90. The summed E-state index contributed by atoms with van der Waals surface area (Å²) >= 11 is 4.10. The Balaban J connectivity index is 2.33. The molecule has 0 spiro atoms. The van der Waals surface area contributed by atoms with Crippen molar-refractivity contribution in [1.82, 2.24) is 9.88 Å². The molecule has 0 saturated heterocycles. The van der Waals surface area contributed by atoms with E-state index in [1.807, 2.05) is 32.3 Å². The fraction of sp³-hybridized carbons (Fsp3) is 0.357. The maximum atomic E-state index is 12.0. The van der Waals surface area contributed by atoms with Crippen molar-refractivity contribution >= 4 is 29.4 Å². The minimum Gasteiger partial charge on any atom is -0.355 e. The lowest BCUT2D eigenvalue weighted by Gasteiger charge is -2.10. The van der Waals surface area contributed by atoms with E-state index in [1.165, 1.54) is 0 Å². The highest BCUT2D eigenvalue weighted by Crippen LogP contribution is 2.27. The van der Waals surface area contributed by atoms with Crippen molar-refractivity contribution in [2.24, 2.45) is 7.05 Å². The number of thiol groups is 1. The first-order valence-corrected chi connectivity index (χ1v) is 6.71. The Morgan fingerprint density at radius 2 is 2.17 bits per heavy atom. The van der Waals surface area contributed by atoms with Crippen molar-refractivity contribution in [1.29, 1.82) is 0 Å². The molecule has 0 bridgehead atoms. The number of aryl methyl sites for hydroxylation is 1. The Kier molecular flexibility index (Phi) is 3.97. The quantitative estimate of drug-likeness (QED) is 0.815. The fourth-order valence-electron chi connectivity index (χ4n) is 2.19. The van der Waals surface area contributed by atoms with Crippen LogP contribution < -0.4 is 5.32 Å². The van der Waals surface area contributed by atoms with Crippen LogP contribution in [0.5, 0.6) is 0 Å². The van der Waals surface area contributed by atoms with Gasteiger partial charge in [0.05, 0.1) is 5.92 Å². The summed E-state index contributed by atoms with van der Waals surface area (Å²) in [5.74, 6) is 0.574. The number of benzene rings is 1. The Morgan fingerprint density at radius 1 is 1.44 bits per heavy atom. The Hall–Kier alpha value is -1.42. The predicted octanol–water partition coefficient (Wildman–Crippen LogP) is 2.33. The number of nitrogens with one attached hydrogen (secondary N) is 1. The van der Waals surface area contributed by atoms with Gasteiger partial charge in [0.2, 0.25) is 5.91 Å². The van der Waals surface area contributed by atoms with Crippen molar-refractivity contribution in [3.05, 3.63) is 36.0 Å². The molecular formula is C14H18N2OS. The molecule has 1 heterocycles. The van der Waals surface area contributed by atoms with Gasteiger partial charge in [0.1, 0.15) is 0 Å². The number of fused-ring (bicyclic) bond motifs is 1. The molecule has 0 saturated carbocycles. The monoisotopic (exact) mass is 262 g/mol. The summed E-state index contributed by atoms with van der Waals surface area (Å²) in [5.41, 5.74) is 2.23. The van der Waals surface area contributed by atoms with Gasteiger partial charge in [0.15, 0.2) is 0 Å². The van der Waals surface area contributed by atoms with Crippen molar-refractivity contribution in [3.63, 3.8) is 0 Å². The first-order valence-electron chi connectivity index (χ1n) is 6.07. The summed E-state index contributed by atoms with van der Waals surface area (Å²) in [5, 5.41) is 4.03. The topological polar surface area (TPSA) is 34.0 Å². The second kappa shape index (κ2) is 5.48. The highest BCUT2D eigenvalue weighted by molar-refractivity contribution is 7.80. The lowest BCUT2D eigenvalue weighted by molar-refractivity contribution is -0.122. The number of rotatable bonds is 4. The van der Waals surface area contributed by atoms with Gasteiger partial charge in [-0.2, -0.15) is 12.6 Å². The first-order chi connectivity index (χ1) is 8.65. The van der Waals surface area contributed by atoms with Crippen LogP contribution in [-0.2, 0) is 11.8 Å². The zero-order valence-corrected chi connectivity index (χ0v) is 11.6. The Morgan fingerprint density at radius 3 is 2.89 bits per heavy atom. The molecule has 1 N–H and O–H groups in total. The van der Waals surface area contributed by atoms with E-state index < -0.39 is 0 Å². The van der Waals surface area contributed by atoms with Crippen LogP contribution in [0.15, 0.2) is 30.5 Å². The van der Waals surface area contributed by atoms with E-state index in [0.29, 0.717) is 12.3 Å². The van der Waals surface area contributed by atoms with Gasteiger partial charge in [-0.3, -0.25) is 4.79 Å². The normalized spacial score (nSPS) is 12.6. The van der Waals surface area contributed by atoms with Gasteiger partial charge >= 0.3 is 0 Å². The number of para-hydroxylation sites is 1. The van der Waals surface area contributed by atoms with Gasteiger partial charge in [-0.05, 0) is 18.6 Å². The summed E-state index contributed by atoms with van der Waals surface area (Å²) in [4.78, 5) is 12.0. The minimum atomic E-state index is -0.143. The molecule has 1 aromatic carbocycles. The highest BCUT2D eigenvalue weighted by atomic mass is 32.1. The third kappa shape index (κ3) is 2.38. The number of hydrogen-bond donors (Lipinski definition) is 2. The average Bonchev–Trinajstić information content (AvgIpc) is 2.73. The molecule has 1 aromatic heterocycles. The molecule has 96 valence electrons. The van der Waals surface area contributed by atoms with Crippen molar-refractivity contribution in [2.45, 2.75) is 12.8 Å². The van der Waals surface area contributed by atoms with Crippen LogP contribution in [0.2, 0.25) is 0 Å². The molecule has 1 atom stereocenters. The van der Waals surface area contributed by atoms with E-state index >= 15 is 0 Å². The summed E-state index contributed by atoms with van der Waals surface area (Å²) < 4.78 is 2.06. The van der Waals surface area contributed by atoms with Gasteiger partial charge < -0.3 is 9.88 Å². The van der Waals surface area contributed by atoms with E-state index in [2.05, 4.69) is 34.6 Å². The lowest BCUT2D eigenvalue weighted by atomic mass is 10.00. The maximum absolute atomic E-state index is 12.0. The Labute approximate surface area is 113 Å². The van der Waals surface area contributed by atoms with Crippen LogP contribution in [0, 0.1) is 0 Å². The van der Waals surface area contributed by atoms with Crippen molar-refractivity contribution in [2.75, 3.05) is 12.3 Å². The molecule has 0 aliphatic rings. The summed E-state index contributed by atoms with van der Waals surface area (Å²) in [6.07, 6.45) is 2.04. The molecule has 3 nitrogen and oxygen atoms in total. The number of carbonyl (C=O) groups is 1. The highest BCUT2D eigenvalue weighted by Gasteiger charge is 2.18.